The van der Waals surface area contributed by atoms with E-state index in [-0.39, 0.29) is 0 Å². The molecule has 2 heterocycles. The lowest BCUT2D eigenvalue weighted by molar-refractivity contribution is 0.407. The molecule has 0 spiro atoms. The smallest absolute Gasteiger partial charge is 0.0843 e. The molecule has 1 fully saturated rings. The summed E-state index contributed by atoms with van der Waals surface area (Å²) in [5.41, 5.74) is 1.41. The maximum Gasteiger partial charge on any atom is 0.0843 e. The van der Waals surface area contributed by atoms with Crippen LogP contribution in [0, 0.1) is 0 Å². The average Bonchev–Trinajstić information content (AvgIpc) is 2.79. The van der Waals surface area contributed by atoms with E-state index in [0.29, 0.717) is 11.8 Å². The molecule has 2 atom stereocenters. The van der Waals surface area contributed by atoms with Gasteiger partial charge in [0.2, 0.25) is 0 Å². The van der Waals surface area contributed by atoms with Crippen LogP contribution in [0.3, 0.4) is 0 Å². The van der Waals surface area contributed by atoms with Crippen molar-refractivity contribution in [3.05, 3.63) is 53.5 Å². The van der Waals surface area contributed by atoms with Gasteiger partial charge in [-0.25, -0.2) is 0 Å². The van der Waals surface area contributed by atoms with Crippen molar-refractivity contribution in [1.82, 2.24) is 5.32 Å². The quantitative estimate of drug-likeness (QED) is 0.565. The molecule has 5 heteroatoms. The SMILES string of the molecule is Brc1ccccc1C1CNCCC1c1cc(Br)c(Br)s1. The molecule has 1 saturated heterocycles. The van der Waals surface area contributed by atoms with Crippen molar-refractivity contribution >= 4 is 59.1 Å². The van der Waals surface area contributed by atoms with Crippen LogP contribution in [0.2, 0.25) is 0 Å². The molecule has 0 amide bonds. The van der Waals surface area contributed by atoms with E-state index >= 15 is 0 Å². The van der Waals surface area contributed by atoms with E-state index in [1.807, 2.05) is 11.3 Å². The molecule has 1 aromatic carbocycles. The molecule has 0 aliphatic carbocycles. The maximum absolute atomic E-state index is 3.71. The first-order valence-electron chi connectivity index (χ1n) is 6.56. The molecule has 1 nitrogen and oxygen atoms in total. The summed E-state index contributed by atoms with van der Waals surface area (Å²) in [5, 5.41) is 3.54. The highest BCUT2D eigenvalue weighted by atomic mass is 79.9. The first-order valence-corrected chi connectivity index (χ1v) is 9.76. The fourth-order valence-corrected chi connectivity index (χ4v) is 5.72. The van der Waals surface area contributed by atoms with Gasteiger partial charge >= 0.3 is 0 Å². The van der Waals surface area contributed by atoms with Crippen molar-refractivity contribution in [3.63, 3.8) is 0 Å². The highest BCUT2D eigenvalue weighted by molar-refractivity contribution is 9.13. The van der Waals surface area contributed by atoms with E-state index in [0.717, 1.165) is 13.1 Å². The zero-order valence-corrected chi connectivity index (χ0v) is 16.3. The molecule has 3 rings (SSSR count). The van der Waals surface area contributed by atoms with Crippen molar-refractivity contribution in [2.24, 2.45) is 0 Å². The van der Waals surface area contributed by atoms with Gasteiger partial charge in [0, 0.05) is 32.2 Å². The Hall–Kier alpha value is 0.320. The molecule has 0 saturated carbocycles. The van der Waals surface area contributed by atoms with E-state index in [1.54, 1.807) is 0 Å². The van der Waals surface area contributed by atoms with Crippen LogP contribution in [-0.2, 0) is 0 Å². The summed E-state index contributed by atoms with van der Waals surface area (Å²) in [4.78, 5) is 1.46. The monoisotopic (exact) mass is 477 g/mol. The highest BCUT2D eigenvalue weighted by Crippen LogP contribution is 2.45. The number of thiophene rings is 1. The third kappa shape index (κ3) is 3.07. The molecule has 20 heavy (non-hydrogen) atoms. The molecule has 1 aliphatic heterocycles. The van der Waals surface area contributed by atoms with Crippen LogP contribution in [0.5, 0.6) is 0 Å². The zero-order chi connectivity index (χ0) is 14.1. The molecule has 1 aliphatic rings. The van der Waals surface area contributed by atoms with E-state index in [9.17, 15) is 0 Å². The molecular formula is C15H14Br3NS. The van der Waals surface area contributed by atoms with Gasteiger partial charge in [-0.05, 0) is 62.5 Å². The predicted molar refractivity (Wildman–Crippen MR) is 96.8 cm³/mol. The van der Waals surface area contributed by atoms with Gasteiger partial charge in [-0.1, -0.05) is 34.1 Å². The summed E-state index contributed by atoms with van der Waals surface area (Å²) in [6.45, 7) is 2.14. The summed E-state index contributed by atoms with van der Waals surface area (Å²) in [5.74, 6) is 1.11. The molecule has 106 valence electrons. The standard InChI is InChI=1S/C15H14Br3NS/c16-12-4-2-1-3-9(12)11-8-19-6-5-10(11)14-7-13(17)15(18)20-14/h1-4,7,10-11,19H,5-6,8H2. The van der Waals surface area contributed by atoms with Gasteiger partial charge in [0.05, 0.1) is 3.79 Å². The average molecular weight is 480 g/mol. The summed E-state index contributed by atoms with van der Waals surface area (Å²) in [6, 6.07) is 10.9. The van der Waals surface area contributed by atoms with Crippen LogP contribution in [0.4, 0.5) is 0 Å². The Bertz CT molecular complexity index is 591. The molecule has 1 aromatic heterocycles. The fourth-order valence-electron chi connectivity index (χ4n) is 2.85. The summed E-state index contributed by atoms with van der Waals surface area (Å²) < 4.78 is 3.58. The molecule has 0 bridgehead atoms. The second kappa shape index (κ2) is 6.61. The van der Waals surface area contributed by atoms with Crippen molar-refractivity contribution < 1.29 is 0 Å². The van der Waals surface area contributed by atoms with Gasteiger partial charge in [0.15, 0.2) is 0 Å². The Kier molecular flexibility index (Phi) is 5.03. The Labute approximate surface area is 148 Å². The molecule has 1 N–H and O–H groups in total. The second-order valence-electron chi connectivity index (χ2n) is 5.00. The molecule has 0 radical (unpaired) electrons. The van der Waals surface area contributed by atoms with Gasteiger partial charge < -0.3 is 5.32 Å². The van der Waals surface area contributed by atoms with Crippen LogP contribution >= 0.6 is 59.1 Å². The Morgan fingerprint density at radius 2 is 1.85 bits per heavy atom. The number of piperidine rings is 1. The third-order valence-corrected chi connectivity index (χ3v) is 7.93. The van der Waals surface area contributed by atoms with Gasteiger partial charge in [-0.15, -0.1) is 11.3 Å². The second-order valence-corrected chi connectivity index (χ2v) is 9.11. The van der Waals surface area contributed by atoms with Gasteiger partial charge in [-0.2, -0.15) is 0 Å². The van der Waals surface area contributed by atoms with Crippen LogP contribution in [-0.4, -0.2) is 13.1 Å². The molecular weight excluding hydrogens is 466 g/mol. The summed E-state index contributed by atoms with van der Waals surface area (Å²) in [6.07, 6.45) is 1.19. The lowest BCUT2D eigenvalue weighted by Gasteiger charge is -2.32. The fraction of sp³-hybridized carbons (Fsp3) is 0.333. The number of hydrogen-bond donors (Lipinski definition) is 1. The number of hydrogen-bond acceptors (Lipinski definition) is 2. The number of halogens is 3. The van der Waals surface area contributed by atoms with Gasteiger partial charge in [-0.3, -0.25) is 0 Å². The molecule has 2 aromatic rings. The van der Waals surface area contributed by atoms with E-state index < -0.39 is 0 Å². The minimum Gasteiger partial charge on any atom is -0.316 e. The minimum atomic E-state index is 0.525. The van der Waals surface area contributed by atoms with E-state index in [2.05, 4.69) is 83.4 Å². The molecule has 2 unspecified atom stereocenters. The highest BCUT2D eigenvalue weighted by Gasteiger charge is 2.30. The zero-order valence-electron chi connectivity index (χ0n) is 10.7. The van der Waals surface area contributed by atoms with Gasteiger partial charge in [0.25, 0.3) is 0 Å². The Morgan fingerprint density at radius 3 is 2.55 bits per heavy atom. The first kappa shape index (κ1) is 15.2. The van der Waals surface area contributed by atoms with Crippen LogP contribution in [0.1, 0.15) is 28.7 Å². The summed E-state index contributed by atoms with van der Waals surface area (Å²) >= 11 is 12.8. The Balaban J connectivity index is 1.97. The topological polar surface area (TPSA) is 12.0 Å². The van der Waals surface area contributed by atoms with Crippen LogP contribution in [0.15, 0.2) is 43.1 Å². The van der Waals surface area contributed by atoms with Crippen molar-refractivity contribution in [3.8, 4) is 0 Å². The lowest BCUT2D eigenvalue weighted by Crippen LogP contribution is -2.33. The van der Waals surface area contributed by atoms with E-state index in [1.165, 1.54) is 29.6 Å². The predicted octanol–water partition coefficient (Wildman–Crippen LogP) is 5.90. The normalized spacial score (nSPS) is 22.9. The van der Waals surface area contributed by atoms with Crippen molar-refractivity contribution in [1.29, 1.82) is 0 Å². The summed E-state index contributed by atoms with van der Waals surface area (Å²) in [7, 11) is 0. The van der Waals surface area contributed by atoms with Gasteiger partial charge in [0.1, 0.15) is 0 Å². The largest absolute Gasteiger partial charge is 0.316 e. The number of rotatable bonds is 2. The number of nitrogens with one attached hydrogen (secondary N) is 1. The maximum atomic E-state index is 3.71. The first-order chi connectivity index (χ1) is 9.66. The Morgan fingerprint density at radius 1 is 1.05 bits per heavy atom. The van der Waals surface area contributed by atoms with Crippen molar-refractivity contribution in [2.75, 3.05) is 13.1 Å². The van der Waals surface area contributed by atoms with E-state index in [4.69, 9.17) is 0 Å². The third-order valence-electron chi connectivity index (χ3n) is 3.82. The van der Waals surface area contributed by atoms with Crippen LogP contribution < -0.4 is 5.32 Å². The van der Waals surface area contributed by atoms with Crippen LogP contribution in [0.25, 0.3) is 0 Å². The number of benzene rings is 1. The lowest BCUT2D eigenvalue weighted by atomic mass is 9.80. The van der Waals surface area contributed by atoms with Crippen molar-refractivity contribution in [2.45, 2.75) is 18.3 Å². The minimum absolute atomic E-state index is 0.525.